The minimum absolute atomic E-state index is 0.0948. The minimum Gasteiger partial charge on any atom is -0.383 e. The lowest BCUT2D eigenvalue weighted by molar-refractivity contribution is -0.146. The lowest BCUT2D eigenvalue weighted by Gasteiger charge is -2.39. The number of carbonyl (C=O) groups is 2. The van der Waals surface area contributed by atoms with Gasteiger partial charge in [0.05, 0.1) is 18.2 Å². The van der Waals surface area contributed by atoms with Crippen molar-refractivity contribution in [1.29, 1.82) is 0 Å². The van der Waals surface area contributed by atoms with E-state index in [1.165, 1.54) is 11.3 Å². The maximum atomic E-state index is 13.0. The van der Waals surface area contributed by atoms with E-state index in [0.717, 1.165) is 18.7 Å². The Morgan fingerprint density at radius 2 is 2.07 bits per heavy atom. The molecule has 1 aliphatic heterocycles. The third-order valence-electron chi connectivity index (χ3n) is 5.82. The number of aromatic nitrogens is 2. The summed E-state index contributed by atoms with van der Waals surface area (Å²) < 4.78 is 7.12. The molecule has 0 spiro atoms. The summed E-state index contributed by atoms with van der Waals surface area (Å²) in [6.07, 6.45) is 1.85. The number of hydrogen-bond donors (Lipinski definition) is 0. The number of hydrogen-bond acceptors (Lipinski definition) is 4. The van der Waals surface area contributed by atoms with Gasteiger partial charge in [0.25, 0.3) is 0 Å². The first-order chi connectivity index (χ1) is 12.8. The largest absolute Gasteiger partial charge is 0.383 e. The standard InChI is InChI=1S/C20H34N4O3/c1-7-24-16(4)17(14(2)21-24)10-11-22(5)20(26)18-8-9-19(25)23(15(18)3)12-13-27-6/h15,18H,7-13H2,1-6H3/t15-,18-/m1/s1. The number of nitrogens with zero attached hydrogens (tertiary/aromatic N) is 4. The molecule has 2 amide bonds. The maximum Gasteiger partial charge on any atom is 0.227 e. The lowest BCUT2D eigenvalue weighted by atomic mass is 9.88. The highest BCUT2D eigenvalue weighted by Gasteiger charge is 2.37. The quantitative estimate of drug-likeness (QED) is 0.692. The fourth-order valence-electron chi connectivity index (χ4n) is 4.03. The number of likely N-dealkylation sites (tertiary alicyclic amines) is 1. The van der Waals surface area contributed by atoms with Crippen LogP contribution in [-0.2, 0) is 27.3 Å². The van der Waals surface area contributed by atoms with Crippen LogP contribution in [0.4, 0.5) is 0 Å². The van der Waals surface area contributed by atoms with E-state index in [-0.39, 0.29) is 23.8 Å². The Bertz CT molecular complexity index is 670. The fraction of sp³-hybridized carbons (Fsp3) is 0.750. The summed E-state index contributed by atoms with van der Waals surface area (Å²) in [4.78, 5) is 28.8. The molecule has 0 aliphatic carbocycles. The Morgan fingerprint density at radius 3 is 2.67 bits per heavy atom. The zero-order valence-corrected chi connectivity index (χ0v) is 17.6. The van der Waals surface area contributed by atoms with Crippen molar-refractivity contribution < 1.29 is 14.3 Å². The van der Waals surface area contributed by atoms with Crippen LogP contribution in [0.2, 0.25) is 0 Å². The lowest BCUT2D eigenvalue weighted by Crippen LogP contribution is -2.53. The van der Waals surface area contributed by atoms with Crippen LogP contribution in [0.15, 0.2) is 0 Å². The Kier molecular flexibility index (Phi) is 7.41. The summed E-state index contributed by atoms with van der Waals surface area (Å²) in [6.45, 7) is 10.7. The molecule has 1 aliphatic rings. The first-order valence-electron chi connectivity index (χ1n) is 9.88. The molecule has 2 atom stereocenters. The topological polar surface area (TPSA) is 67.7 Å². The Balaban J connectivity index is 2.00. The van der Waals surface area contributed by atoms with Crippen molar-refractivity contribution in [3.63, 3.8) is 0 Å². The summed E-state index contributed by atoms with van der Waals surface area (Å²) in [5.74, 6) is 0.0882. The molecule has 0 bridgehead atoms. The van der Waals surface area contributed by atoms with E-state index in [4.69, 9.17) is 4.74 Å². The first-order valence-corrected chi connectivity index (χ1v) is 9.88. The fourth-order valence-corrected chi connectivity index (χ4v) is 4.03. The molecule has 152 valence electrons. The average Bonchev–Trinajstić information content (AvgIpc) is 2.92. The summed E-state index contributed by atoms with van der Waals surface area (Å²) >= 11 is 0. The van der Waals surface area contributed by atoms with Gasteiger partial charge in [-0.1, -0.05) is 0 Å². The van der Waals surface area contributed by atoms with Crippen molar-refractivity contribution >= 4 is 11.8 Å². The van der Waals surface area contributed by atoms with Crippen LogP contribution in [0.3, 0.4) is 0 Å². The van der Waals surface area contributed by atoms with E-state index >= 15 is 0 Å². The summed E-state index contributed by atoms with van der Waals surface area (Å²) in [5, 5.41) is 4.56. The SMILES string of the molecule is CCn1nc(C)c(CCN(C)C(=O)[C@@H]2CCC(=O)N(CCOC)[C@@H]2C)c1C. The van der Waals surface area contributed by atoms with Crippen LogP contribution >= 0.6 is 0 Å². The van der Waals surface area contributed by atoms with E-state index in [2.05, 4.69) is 18.9 Å². The summed E-state index contributed by atoms with van der Waals surface area (Å²) in [5.41, 5.74) is 3.45. The normalized spacial score (nSPS) is 20.2. The van der Waals surface area contributed by atoms with Crippen molar-refractivity contribution in [1.82, 2.24) is 19.6 Å². The number of aryl methyl sites for hydroxylation is 2. The van der Waals surface area contributed by atoms with Gasteiger partial charge < -0.3 is 14.5 Å². The van der Waals surface area contributed by atoms with Crippen LogP contribution < -0.4 is 0 Å². The highest BCUT2D eigenvalue weighted by Crippen LogP contribution is 2.26. The minimum atomic E-state index is -0.148. The molecular formula is C20H34N4O3. The van der Waals surface area contributed by atoms with Crippen molar-refractivity contribution in [2.24, 2.45) is 5.92 Å². The third-order valence-corrected chi connectivity index (χ3v) is 5.82. The van der Waals surface area contributed by atoms with Crippen molar-refractivity contribution in [3.05, 3.63) is 17.0 Å². The van der Waals surface area contributed by atoms with Gasteiger partial charge >= 0.3 is 0 Å². The molecule has 2 rings (SSSR count). The van der Waals surface area contributed by atoms with Gasteiger partial charge in [0.1, 0.15) is 0 Å². The molecule has 7 nitrogen and oxygen atoms in total. The van der Waals surface area contributed by atoms with Gasteiger partial charge in [-0.15, -0.1) is 0 Å². The predicted molar refractivity (Wildman–Crippen MR) is 104 cm³/mol. The number of methoxy groups -OCH3 is 1. The second-order valence-corrected chi connectivity index (χ2v) is 7.44. The van der Waals surface area contributed by atoms with Crippen LogP contribution in [-0.4, -0.2) is 71.3 Å². The molecule has 27 heavy (non-hydrogen) atoms. The highest BCUT2D eigenvalue weighted by atomic mass is 16.5. The first kappa shape index (κ1) is 21.4. The number of amides is 2. The number of rotatable bonds is 8. The van der Waals surface area contributed by atoms with Crippen LogP contribution in [0.25, 0.3) is 0 Å². The number of carbonyl (C=O) groups excluding carboxylic acids is 2. The Labute approximate surface area is 162 Å². The zero-order chi connectivity index (χ0) is 20.1. The van der Waals surface area contributed by atoms with Crippen molar-refractivity contribution in [3.8, 4) is 0 Å². The van der Waals surface area contributed by atoms with Gasteiger partial charge in [0.2, 0.25) is 11.8 Å². The summed E-state index contributed by atoms with van der Waals surface area (Å²) in [6, 6.07) is -0.0948. The molecule has 2 heterocycles. The van der Waals surface area contributed by atoms with E-state index in [9.17, 15) is 9.59 Å². The molecule has 0 N–H and O–H groups in total. The van der Waals surface area contributed by atoms with Crippen molar-refractivity contribution in [2.45, 2.75) is 59.5 Å². The van der Waals surface area contributed by atoms with Gasteiger partial charge in [-0.3, -0.25) is 14.3 Å². The van der Waals surface area contributed by atoms with Gasteiger partial charge in [-0.05, 0) is 46.1 Å². The molecule has 1 fully saturated rings. The molecule has 0 radical (unpaired) electrons. The Hall–Kier alpha value is -1.89. The number of ether oxygens (including phenoxy) is 1. The Morgan fingerprint density at radius 1 is 1.37 bits per heavy atom. The second-order valence-electron chi connectivity index (χ2n) is 7.44. The van der Waals surface area contributed by atoms with Crippen LogP contribution in [0, 0.1) is 19.8 Å². The highest BCUT2D eigenvalue weighted by molar-refractivity contribution is 5.84. The van der Waals surface area contributed by atoms with Crippen LogP contribution in [0.1, 0.15) is 43.6 Å². The molecule has 1 saturated heterocycles. The van der Waals surface area contributed by atoms with Crippen molar-refractivity contribution in [2.75, 3.05) is 33.9 Å². The van der Waals surface area contributed by atoms with E-state index in [1.807, 2.05) is 30.5 Å². The molecule has 1 aromatic heterocycles. The molecule has 1 aromatic rings. The maximum absolute atomic E-state index is 13.0. The number of likely N-dealkylation sites (N-methyl/N-ethyl adjacent to an activating group) is 1. The number of piperidine rings is 1. The van der Waals surface area contributed by atoms with Gasteiger partial charge in [0, 0.05) is 51.9 Å². The smallest absolute Gasteiger partial charge is 0.227 e. The van der Waals surface area contributed by atoms with Gasteiger partial charge in [0.15, 0.2) is 0 Å². The molecule has 7 heteroatoms. The molecule has 0 unspecified atom stereocenters. The van der Waals surface area contributed by atoms with E-state index in [1.54, 1.807) is 12.0 Å². The third kappa shape index (κ3) is 4.69. The van der Waals surface area contributed by atoms with Crippen LogP contribution in [0.5, 0.6) is 0 Å². The molecular weight excluding hydrogens is 344 g/mol. The van der Waals surface area contributed by atoms with Gasteiger partial charge in [-0.2, -0.15) is 5.10 Å². The van der Waals surface area contributed by atoms with E-state index < -0.39 is 0 Å². The molecule has 0 saturated carbocycles. The average molecular weight is 379 g/mol. The predicted octanol–water partition coefficient (Wildman–Crippen LogP) is 1.79. The van der Waals surface area contributed by atoms with E-state index in [0.29, 0.717) is 32.5 Å². The second kappa shape index (κ2) is 9.35. The molecule has 0 aromatic carbocycles. The van der Waals surface area contributed by atoms with Gasteiger partial charge in [-0.25, -0.2) is 0 Å². The summed E-state index contributed by atoms with van der Waals surface area (Å²) in [7, 11) is 3.49. The zero-order valence-electron chi connectivity index (χ0n) is 17.6. The monoisotopic (exact) mass is 378 g/mol.